The zero-order valence-electron chi connectivity index (χ0n) is 23.5. The van der Waals surface area contributed by atoms with Gasteiger partial charge in [-0.2, -0.15) is 0 Å². The van der Waals surface area contributed by atoms with Gasteiger partial charge >= 0.3 is 5.97 Å². The number of hydrogen-bond donors (Lipinski definition) is 1. The Morgan fingerprint density at radius 2 is 1.81 bits per heavy atom. The lowest BCUT2D eigenvalue weighted by molar-refractivity contribution is -0.160. The smallest absolute Gasteiger partial charge is 0.337 e. The van der Waals surface area contributed by atoms with Gasteiger partial charge < -0.3 is 19.5 Å². The lowest BCUT2D eigenvalue weighted by Crippen LogP contribution is -2.39. The van der Waals surface area contributed by atoms with Crippen molar-refractivity contribution in [3.05, 3.63) is 35.8 Å². The maximum Gasteiger partial charge on any atom is 0.337 e. The molecule has 202 valence electrons. The number of carboxylic acids is 1. The molecule has 2 atom stereocenters. The molecule has 2 fully saturated rings. The number of nitrogens with zero attached hydrogens (tertiary/aromatic N) is 3. The van der Waals surface area contributed by atoms with Crippen LogP contribution in [0.15, 0.2) is 24.5 Å². The highest BCUT2D eigenvalue weighted by Gasteiger charge is 2.36. The summed E-state index contributed by atoms with van der Waals surface area (Å²) in [5.74, 6) is 0.211. The van der Waals surface area contributed by atoms with E-state index >= 15 is 0 Å². The van der Waals surface area contributed by atoms with Crippen molar-refractivity contribution in [3.8, 4) is 17.0 Å². The van der Waals surface area contributed by atoms with Gasteiger partial charge in [-0.25, -0.2) is 9.78 Å². The number of aromatic nitrogens is 2. The predicted molar refractivity (Wildman–Crippen MR) is 146 cm³/mol. The molecule has 1 saturated heterocycles. The third-order valence-electron chi connectivity index (χ3n) is 7.85. The summed E-state index contributed by atoms with van der Waals surface area (Å²) in [5, 5.41) is 10.3. The van der Waals surface area contributed by atoms with Crippen LogP contribution in [0.4, 0.5) is 5.69 Å². The summed E-state index contributed by atoms with van der Waals surface area (Å²) < 4.78 is 12.2. The SMILES string of the molecule is Cc1ncc(-c2ccc(O[C@H](C)C3CCC3)nc2)c(N2CCC(C)(C)CC2)c1[C@H](OC(C)(C)C)C(=O)O. The van der Waals surface area contributed by atoms with Crippen LogP contribution in [0.3, 0.4) is 0 Å². The molecule has 37 heavy (non-hydrogen) atoms. The number of hydrogen-bond acceptors (Lipinski definition) is 6. The van der Waals surface area contributed by atoms with Crippen molar-refractivity contribution in [1.82, 2.24) is 9.97 Å². The van der Waals surface area contributed by atoms with Gasteiger partial charge in [-0.05, 0) is 77.7 Å². The van der Waals surface area contributed by atoms with Gasteiger partial charge in [0.15, 0.2) is 6.10 Å². The quantitative estimate of drug-likeness (QED) is 0.430. The predicted octanol–water partition coefficient (Wildman–Crippen LogP) is 6.59. The second-order valence-corrected chi connectivity index (χ2v) is 12.5. The first-order chi connectivity index (χ1) is 17.3. The summed E-state index contributed by atoms with van der Waals surface area (Å²) in [6, 6.07) is 3.91. The summed E-state index contributed by atoms with van der Waals surface area (Å²) >= 11 is 0. The Morgan fingerprint density at radius 3 is 2.32 bits per heavy atom. The van der Waals surface area contributed by atoms with Gasteiger partial charge in [0.2, 0.25) is 5.88 Å². The summed E-state index contributed by atoms with van der Waals surface area (Å²) in [4.78, 5) is 24.1. The van der Waals surface area contributed by atoms with Crippen LogP contribution in [0.2, 0.25) is 0 Å². The molecule has 7 heteroatoms. The van der Waals surface area contributed by atoms with Crippen LogP contribution in [0.1, 0.15) is 91.0 Å². The van der Waals surface area contributed by atoms with E-state index in [2.05, 4.69) is 35.6 Å². The largest absolute Gasteiger partial charge is 0.479 e. The number of piperidine rings is 1. The Hall–Kier alpha value is -2.67. The van der Waals surface area contributed by atoms with E-state index in [-0.39, 0.29) is 11.5 Å². The van der Waals surface area contributed by atoms with Gasteiger partial charge in [-0.15, -0.1) is 0 Å². The molecule has 0 bridgehead atoms. The molecule has 0 amide bonds. The van der Waals surface area contributed by atoms with Crippen molar-refractivity contribution >= 4 is 11.7 Å². The molecule has 2 aromatic heterocycles. The van der Waals surface area contributed by atoms with Crippen molar-refractivity contribution in [1.29, 1.82) is 0 Å². The van der Waals surface area contributed by atoms with Crippen molar-refractivity contribution < 1.29 is 19.4 Å². The van der Waals surface area contributed by atoms with Crippen LogP contribution in [-0.2, 0) is 9.53 Å². The lowest BCUT2D eigenvalue weighted by atomic mass is 9.82. The van der Waals surface area contributed by atoms with Gasteiger partial charge in [0.1, 0.15) is 6.10 Å². The minimum absolute atomic E-state index is 0.151. The third-order valence-corrected chi connectivity index (χ3v) is 7.85. The topological polar surface area (TPSA) is 84.8 Å². The molecule has 2 aromatic rings. The van der Waals surface area contributed by atoms with E-state index < -0.39 is 17.7 Å². The molecule has 0 radical (unpaired) electrons. The number of carboxylic acid groups (broad SMARTS) is 1. The van der Waals surface area contributed by atoms with Crippen molar-refractivity contribution in [2.24, 2.45) is 11.3 Å². The number of carbonyl (C=O) groups is 1. The first kappa shape index (κ1) is 27.4. The fourth-order valence-electron chi connectivity index (χ4n) is 5.20. The Morgan fingerprint density at radius 1 is 1.14 bits per heavy atom. The zero-order chi connectivity index (χ0) is 27.0. The van der Waals surface area contributed by atoms with E-state index in [1.807, 2.05) is 52.2 Å². The van der Waals surface area contributed by atoms with Crippen LogP contribution in [0.25, 0.3) is 11.1 Å². The average molecular weight is 510 g/mol. The van der Waals surface area contributed by atoms with Gasteiger partial charge in [0.25, 0.3) is 0 Å². The van der Waals surface area contributed by atoms with Gasteiger partial charge in [0.05, 0.1) is 11.3 Å². The molecule has 2 aliphatic rings. The first-order valence-corrected chi connectivity index (χ1v) is 13.6. The second kappa shape index (κ2) is 10.6. The molecular formula is C30H43N3O4. The third kappa shape index (κ3) is 6.43. The number of rotatable bonds is 8. The van der Waals surface area contributed by atoms with Crippen molar-refractivity contribution in [2.45, 2.75) is 98.4 Å². The molecule has 1 saturated carbocycles. The van der Waals surface area contributed by atoms with Crippen molar-refractivity contribution in [2.75, 3.05) is 18.0 Å². The zero-order valence-corrected chi connectivity index (χ0v) is 23.5. The van der Waals surface area contributed by atoms with Crippen LogP contribution in [0.5, 0.6) is 5.88 Å². The van der Waals surface area contributed by atoms with E-state index in [0.29, 0.717) is 23.1 Å². The molecule has 1 aliphatic carbocycles. The van der Waals surface area contributed by atoms with Crippen LogP contribution in [0, 0.1) is 18.3 Å². The van der Waals surface area contributed by atoms with E-state index in [9.17, 15) is 9.90 Å². The molecular weight excluding hydrogens is 466 g/mol. The maximum absolute atomic E-state index is 12.5. The number of aliphatic carboxylic acids is 1. The highest BCUT2D eigenvalue weighted by Crippen LogP contribution is 2.43. The standard InChI is InChI=1S/C30H43N3O4/c1-19-25(27(28(34)35)37-29(3,4)5)26(33-15-13-30(6,7)14-16-33)23(18-31-19)22-11-12-24(32-17-22)36-20(2)21-9-8-10-21/h11-12,17-18,20-21,27H,8-10,13-16H2,1-7H3,(H,34,35)/t20-,27+/m1/s1. The Kier molecular flexibility index (Phi) is 7.84. The number of pyridine rings is 2. The fourth-order valence-corrected chi connectivity index (χ4v) is 5.20. The second-order valence-electron chi connectivity index (χ2n) is 12.5. The summed E-state index contributed by atoms with van der Waals surface area (Å²) in [5.41, 5.74) is 3.56. The highest BCUT2D eigenvalue weighted by atomic mass is 16.5. The lowest BCUT2D eigenvalue weighted by Gasteiger charge is -2.41. The molecule has 7 nitrogen and oxygen atoms in total. The Bertz CT molecular complexity index is 1090. The monoisotopic (exact) mass is 509 g/mol. The normalized spacial score (nSPS) is 19.7. The van der Waals surface area contributed by atoms with Crippen LogP contribution >= 0.6 is 0 Å². The number of aryl methyl sites for hydroxylation is 1. The molecule has 0 spiro atoms. The summed E-state index contributed by atoms with van der Waals surface area (Å²) in [6.45, 7) is 15.9. The maximum atomic E-state index is 12.5. The Labute approximate surface area is 221 Å². The van der Waals surface area contributed by atoms with E-state index in [0.717, 1.165) is 42.7 Å². The number of ether oxygens (including phenoxy) is 2. The molecule has 0 aromatic carbocycles. The molecule has 4 rings (SSSR count). The van der Waals surface area contributed by atoms with Crippen LogP contribution in [-0.4, -0.2) is 45.8 Å². The minimum atomic E-state index is -1.13. The summed E-state index contributed by atoms with van der Waals surface area (Å²) in [6.07, 6.45) is 8.44. The van der Waals surface area contributed by atoms with Crippen LogP contribution < -0.4 is 9.64 Å². The molecule has 0 unspecified atom stereocenters. The first-order valence-electron chi connectivity index (χ1n) is 13.6. The molecule has 1 N–H and O–H groups in total. The highest BCUT2D eigenvalue weighted by molar-refractivity contribution is 5.86. The fraction of sp³-hybridized carbons (Fsp3) is 0.633. The van der Waals surface area contributed by atoms with Gasteiger partial charge in [-0.1, -0.05) is 20.3 Å². The Balaban J connectivity index is 1.76. The molecule has 1 aliphatic heterocycles. The molecule has 3 heterocycles. The van der Waals surface area contributed by atoms with E-state index in [1.165, 1.54) is 19.3 Å². The van der Waals surface area contributed by atoms with Gasteiger partial charge in [-0.3, -0.25) is 4.98 Å². The van der Waals surface area contributed by atoms with Gasteiger partial charge in [0, 0.05) is 53.9 Å². The van der Waals surface area contributed by atoms with Crippen molar-refractivity contribution in [3.63, 3.8) is 0 Å². The van der Waals surface area contributed by atoms with E-state index in [1.54, 1.807) is 0 Å². The average Bonchev–Trinajstić information content (AvgIpc) is 2.76. The number of anilines is 1. The summed E-state index contributed by atoms with van der Waals surface area (Å²) in [7, 11) is 0. The minimum Gasteiger partial charge on any atom is -0.479 e. The van der Waals surface area contributed by atoms with E-state index in [4.69, 9.17) is 9.47 Å².